The predicted molar refractivity (Wildman–Crippen MR) is 213 cm³/mol. The molecule has 0 spiro atoms. The monoisotopic (exact) mass is 807 g/mol. The Morgan fingerprint density at radius 2 is 1.49 bits per heavy atom. The van der Waals surface area contributed by atoms with Crippen molar-refractivity contribution in [2.75, 3.05) is 13.2 Å². The molecule has 15 nitrogen and oxygen atoms in total. The summed E-state index contributed by atoms with van der Waals surface area (Å²) in [5, 5.41) is 5.30. The molecule has 4 N–H and O–H groups in total. The van der Waals surface area contributed by atoms with Gasteiger partial charge in [-0.15, -0.1) is 0 Å². The fraction of sp³-hybridized carbons (Fsp3) is 0.810. The van der Waals surface area contributed by atoms with Gasteiger partial charge in [0.05, 0.1) is 24.4 Å². The molecule has 1 aliphatic heterocycles. The van der Waals surface area contributed by atoms with Gasteiger partial charge in [-0.2, -0.15) is 0 Å². The lowest BCUT2D eigenvalue weighted by atomic mass is 9.83. The number of carbonyl (C=O) groups is 8. The van der Waals surface area contributed by atoms with Crippen molar-refractivity contribution in [1.29, 1.82) is 0 Å². The second-order valence-corrected chi connectivity index (χ2v) is 18.1. The van der Waals surface area contributed by atoms with E-state index in [9.17, 15) is 38.4 Å². The van der Waals surface area contributed by atoms with E-state index in [1.54, 1.807) is 20.8 Å². The number of carbonyl (C=O) groups excluding carboxylic acids is 8. The third-order valence-corrected chi connectivity index (χ3v) is 9.93. The van der Waals surface area contributed by atoms with Crippen molar-refractivity contribution in [3.05, 3.63) is 0 Å². The van der Waals surface area contributed by atoms with Gasteiger partial charge in [0.1, 0.15) is 17.7 Å². The number of Topliss-reactive ketones (excluding diaryl/α,β-unsaturated/α-hetero) is 3. The SMILES string of the molecule is CCCC(CC(=O)[C@@H]1C[C@@H](OC(C)(C)C)CN1C(=O)[C@@H](NC(=O)OCC(C)C)C1CCCCC1)C(=O)C(=O)CCC(=O)N[C@@H](CCCC(=O)OC(C)(C)C)C(N)=O. The van der Waals surface area contributed by atoms with Crippen LogP contribution in [0.5, 0.6) is 0 Å². The second-order valence-electron chi connectivity index (χ2n) is 18.1. The molecule has 2 rings (SSSR count). The number of nitrogens with two attached hydrogens (primary N) is 1. The number of alkyl carbamates (subject to hydrolysis) is 1. The maximum Gasteiger partial charge on any atom is 0.407 e. The fourth-order valence-electron chi connectivity index (χ4n) is 7.40. The van der Waals surface area contributed by atoms with Crippen LogP contribution in [0.3, 0.4) is 0 Å². The van der Waals surface area contributed by atoms with Crippen molar-refractivity contribution in [3.8, 4) is 0 Å². The average Bonchev–Trinajstić information content (AvgIpc) is 3.52. The summed E-state index contributed by atoms with van der Waals surface area (Å²) < 4.78 is 16.9. The Morgan fingerprint density at radius 1 is 0.842 bits per heavy atom. The molecule has 1 saturated carbocycles. The van der Waals surface area contributed by atoms with Crippen molar-refractivity contribution in [2.45, 2.75) is 188 Å². The molecule has 2 fully saturated rings. The van der Waals surface area contributed by atoms with Crippen LogP contribution in [0.15, 0.2) is 0 Å². The Hall–Kier alpha value is -3.88. The first-order valence-corrected chi connectivity index (χ1v) is 20.8. The van der Waals surface area contributed by atoms with Gasteiger partial charge < -0.3 is 35.5 Å². The van der Waals surface area contributed by atoms with Crippen molar-refractivity contribution in [2.24, 2.45) is 23.5 Å². The highest BCUT2D eigenvalue weighted by Crippen LogP contribution is 2.32. The Kier molecular flexibility index (Phi) is 19.8. The largest absolute Gasteiger partial charge is 0.460 e. The fourth-order valence-corrected chi connectivity index (χ4v) is 7.40. The van der Waals surface area contributed by atoms with Crippen LogP contribution in [-0.2, 0) is 47.8 Å². The zero-order valence-electron chi connectivity index (χ0n) is 35.9. The van der Waals surface area contributed by atoms with E-state index in [-0.39, 0.29) is 75.7 Å². The number of rotatable bonds is 22. The molecule has 4 amide bonds. The van der Waals surface area contributed by atoms with Gasteiger partial charge in [0.15, 0.2) is 11.6 Å². The van der Waals surface area contributed by atoms with Gasteiger partial charge in [-0.1, -0.05) is 46.5 Å². The molecule has 57 heavy (non-hydrogen) atoms. The zero-order chi connectivity index (χ0) is 43.1. The molecule has 324 valence electrons. The Labute approximate surface area is 339 Å². The van der Waals surface area contributed by atoms with Crippen LogP contribution < -0.4 is 16.4 Å². The van der Waals surface area contributed by atoms with Gasteiger partial charge in [0.25, 0.3) is 0 Å². The number of likely N-dealkylation sites (tertiary alicyclic amines) is 1. The average molecular weight is 807 g/mol. The van der Waals surface area contributed by atoms with Crippen molar-refractivity contribution in [3.63, 3.8) is 0 Å². The van der Waals surface area contributed by atoms with E-state index in [2.05, 4.69) is 10.6 Å². The number of primary amides is 1. The van der Waals surface area contributed by atoms with Gasteiger partial charge in [0, 0.05) is 44.6 Å². The van der Waals surface area contributed by atoms with Gasteiger partial charge in [-0.05, 0) is 85.5 Å². The molecular weight excluding hydrogens is 736 g/mol. The summed E-state index contributed by atoms with van der Waals surface area (Å²) in [6.07, 6.45) is 3.27. The standard InChI is InChI=1S/C42H70N4O11/c1-10-15-28(37(51)32(47)20-21-34(49)44-30(38(43)52)18-14-19-35(50)57-42(7,8)9)22-33(48)31-23-29(56-41(4,5)6)24-46(31)39(53)36(27-16-12-11-13-17-27)45-40(54)55-25-26(2)3/h26-31,36H,10-25H2,1-9H3,(H2,43,52)(H,44,49)(H,45,54)/t28?,29-,30+,31+,36+/m1/s1. The highest BCUT2D eigenvalue weighted by molar-refractivity contribution is 6.38. The smallest absolute Gasteiger partial charge is 0.407 e. The molecule has 1 aliphatic carbocycles. The lowest BCUT2D eigenvalue weighted by Gasteiger charge is -2.34. The minimum atomic E-state index is -1.09. The Morgan fingerprint density at radius 3 is 2.05 bits per heavy atom. The van der Waals surface area contributed by atoms with Crippen LogP contribution in [0.4, 0.5) is 4.79 Å². The summed E-state index contributed by atoms with van der Waals surface area (Å²) in [7, 11) is 0. The maximum atomic E-state index is 14.4. The van der Waals surface area contributed by atoms with E-state index in [0.717, 1.165) is 32.1 Å². The molecule has 2 aliphatic rings. The first kappa shape index (κ1) is 49.3. The van der Waals surface area contributed by atoms with E-state index in [1.807, 2.05) is 41.5 Å². The zero-order valence-corrected chi connectivity index (χ0v) is 35.9. The molecule has 1 unspecified atom stereocenters. The van der Waals surface area contributed by atoms with Gasteiger partial charge in [0.2, 0.25) is 23.5 Å². The third kappa shape index (κ3) is 18.1. The molecule has 0 bridgehead atoms. The van der Waals surface area contributed by atoms with E-state index < -0.39 is 89.1 Å². The van der Waals surface area contributed by atoms with E-state index in [0.29, 0.717) is 6.42 Å². The summed E-state index contributed by atoms with van der Waals surface area (Å²) in [5.74, 6) is -5.34. The lowest BCUT2D eigenvalue weighted by molar-refractivity contribution is -0.155. The van der Waals surface area contributed by atoms with Crippen molar-refractivity contribution < 1.29 is 52.6 Å². The first-order valence-electron chi connectivity index (χ1n) is 20.8. The quantitative estimate of drug-likeness (QED) is 0.0990. The highest BCUT2D eigenvalue weighted by atomic mass is 16.6. The van der Waals surface area contributed by atoms with Crippen LogP contribution in [0, 0.1) is 17.8 Å². The minimum Gasteiger partial charge on any atom is -0.460 e. The molecule has 1 saturated heterocycles. The lowest BCUT2D eigenvalue weighted by Crippen LogP contribution is -2.55. The summed E-state index contributed by atoms with van der Waals surface area (Å²) >= 11 is 0. The van der Waals surface area contributed by atoms with Crippen LogP contribution in [0.2, 0.25) is 0 Å². The predicted octanol–water partition coefficient (Wildman–Crippen LogP) is 4.88. The summed E-state index contributed by atoms with van der Waals surface area (Å²) in [6.45, 7) is 16.8. The number of ketones is 3. The Bertz CT molecular complexity index is 1410. The van der Waals surface area contributed by atoms with Gasteiger partial charge >= 0.3 is 12.1 Å². The number of esters is 1. The van der Waals surface area contributed by atoms with Crippen LogP contribution in [0.1, 0.15) is 152 Å². The normalized spacial score (nSPS) is 19.3. The number of ether oxygens (including phenoxy) is 3. The van der Waals surface area contributed by atoms with Crippen LogP contribution in [-0.4, -0.2) is 101 Å². The molecule has 1 heterocycles. The van der Waals surface area contributed by atoms with E-state index >= 15 is 0 Å². The molecule has 0 radical (unpaired) electrons. The van der Waals surface area contributed by atoms with E-state index in [1.165, 1.54) is 4.90 Å². The van der Waals surface area contributed by atoms with Crippen molar-refractivity contribution in [1.82, 2.24) is 15.5 Å². The van der Waals surface area contributed by atoms with Crippen LogP contribution >= 0.6 is 0 Å². The van der Waals surface area contributed by atoms with Crippen molar-refractivity contribution >= 4 is 47.1 Å². The number of hydrogen-bond acceptors (Lipinski definition) is 11. The summed E-state index contributed by atoms with van der Waals surface area (Å²) in [4.78, 5) is 106. The molecular formula is C42H70N4O11. The topological polar surface area (TPSA) is 218 Å². The van der Waals surface area contributed by atoms with Crippen LogP contribution in [0.25, 0.3) is 0 Å². The first-order chi connectivity index (χ1) is 26.5. The number of amides is 4. The third-order valence-electron chi connectivity index (χ3n) is 9.93. The summed E-state index contributed by atoms with van der Waals surface area (Å²) in [6, 6.07) is -2.94. The second kappa shape index (κ2) is 22.9. The summed E-state index contributed by atoms with van der Waals surface area (Å²) in [5.41, 5.74) is 4.23. The van der Waals surface area contributed by atoms with Gasteiger partial charge in [-0.25, -0.2) is 4.79 Å². The number of hydrogen-bond donors (Lipinski definition) is 3. The molecule has 0 aromatic heterocycles. The molecule has 0 aromatic rings. The molecule has 5 atom stereocenters. The molecule has 0 aromatic carbocycles. The van der Waals surface area contributed by atoms with E-state index in [4.69, 9.17) is 19.9 Å². The highest BCUT2D eigenvalue weighted by Gasteiger charge is 2.46. The maximum absolute atomic E-state index is 14.4. The molecule has 15 heteroatoms. The minimum absolute atomic E-state index is 0.0174. The van der Waals surface area contributed by atoms with Gasteiger partial charge in [-0.3, -0.25) is 33.6 Å². The number of nitrogens with one attached hydrogen (secondary N) is 2. The number of nitrogens with zero attached hydrogens (tertiary/aromatic N) is 1. The Balaban J connectivity index is 2.16.